The fourth-order valence-corrected chi connectivity index (χ4v) is 8.21. The van der Waals surface area contributed by atoms with Crippen LogP contribution in [0, 0.1) is 11.3 Å². The molecule has 51 heavy (non-hydrogen) atoms. The molecular formula is C46H39N5. The quantitative estimate of drug-likeness (QED) is 0.178. The summed E-state index contributed by atoms with van der Waals surface area (Å²) in [5, 5.41) is 2.35. The van der Waals surface area contributed by atoms with Crippen LogP contribution in [0.2, 0.25) is 0 Å². The fraction of sp³-hybridized carbons (Fsp3) is 0.196. The zero-order chi connectivity index (χ0) is 34.2. The van der Waals surface area contributed by atoms with Gasteiger partial charge in [0.05, 0.1) is 11.4 Å². The van der Waals surface area contributed by atoms with Gasteiger partial charge in [-0.15, -0.1) is 0 Å². The summed E-state index contributed by atoms with van der Waals surface area (Å²) in [4.78, 5) is 26.6. The smallest absolute Gasteiger partial charge is 0.163 e. The summed E-state index contributed by atoms with van der Waals surface area (Å²) in [5.41, 5.74) is 6.83. The van der Waals surface area contributed by atoms with Crippen molar-refractivity contribution in [3.63, 3.8) is 0 Å². The second-order valence-corrected chi connectivity index (χ2v) is 14.1. The van der Waals surface area contributed by atoms with E-state index in [1.165, 1.54) is 17.2 Å². The predicted molar refractivity (Wildman–Crippen MR) is 207 cm³/mol. The third-order valence-electron chi connectivity index (χ3n) is 10.9. The molecule has 2 aromatic heterocycles. The Morgan fingerprint density at radius 2 is 1.37 bits per heavy atom. The van der Waals surface area contributed by atoms with E-state index >= 15 is 0 Å². The van der Waals surface area contributed by atoms with Crippen molar-refractivity contribution in [3.8, 4) is 33.9 Å². The average Bonchev–Trinajstić information content (AvgIpc) is 3.20. The van der Waals surface area contributed by atoms with Gasteiger partial charge in [-0.05, 0) is 42.0 Å². The van der Waals surface area contributed by atoms with E-state index in [4.69, 9.17) is 24.9 Å². The predicted octanol–water partition coefficient (Wildman–Crippen LogP) is 11.1. The lowest BCUT2D eigenvalue weighted by atomic mass is 9.60. The van der Waals surface area contributed by atoms with Gasteiger partial charge in [0.15, 0.2) is 17.5 Å². The van der Waals surface area contributed by atoms with Gasteiger partial charge in [-0.25, -0.2) is 24.9 Å². The molecule has 0 amide bonds. The van der Waals surface area contributed by atoms with E-state index in [-0.39, 0.29) is 11.3 Å². The maximum atomic E-state index is 5.43. The number of hydrogen-bond donors (Lipinski definition) is 0. The molecule has 3 aliphatic carbocycles. The highest BCUT2D eigenvalue weighted by Gasteiger charge is 2.44. The van der Waals surface area contributed by atoms with Gasteiger partial charge in [-0.2, -0.15) is 0 Å². The summed E-state index contributed by atoms with van der Waals surface area (Å²) in [6.45, 7) is 2.41. The molecule has 0 saturated heterocycles. The first kappa shape index (κ1) is 31.2. The van der Waals surface area contributed by atoms with Gasteiger partial charge >= 0.3 is 0 Å². The molecule has 0 bridgehead atoms. The van der Waals surface area contributed by atoms with Crippen molar-refractivity contribution in [3.05, 3.63) is 163 Å². The molecule has 1 fully saturated rings. The molecule has 3 aliphatic rings. The fourth-order valence-electron chi connectivity index (χ4n) is 8.21. The van der Waals surface area contributed by atoms with Crippen LogP contribution in [0.3, 0.4) is 0 Å². The van der Waals surface area contributed by atoms with E-state index in [0.717, 1.165) is 76.6 Å². The highest BCUT2D eigenvalue weighted by molar-refractivity contribution is 5.99. The SMILES string of the molecule is CC12CCCCC1C=CC(c1nc(-c3ccccc3)cc(-c3cccc4ccccc34)n1)=C2c1nc(-c2ccccc2)nc(C2C=CC=CC2)n1. The maximum Gasteiger partial charge on any atom is 0.163 e. The van der Waals surface area contributed by atoms with Crippen molar-refractivity contribution in [2.45, 2.75) is 44.9 Å². The summed E-state index contributed by atoms with van der Waals surface area (Å²) in [6.07, 6.45) is 18.7. The van der Waals surface area contributed by atoms with Gasteiger partial charge in [0.2, 0.25) is 0 Å². The first-order valence-corrected chi connectivity index (χ1v) is 18.2. The second-order valence-electron chi connectivity index (χ2n) is 14.1. The minimum atomic E-state index is -0.192. The Hall–Kier alpha value is -5.81. The van der Waals surface area contributed by atoms with Crippen LogP contribution >= 0.6 is 0 Å². The minimum Gasteiger partial charge on any atom is -0.228 e. The number of benzene rings is 4. The summed E-state index contributed by atoms with van der Waals surface area (Å²) in [5.74, 6) is 3.37. The number of allylic oxidation sites excluding steroid dienone is 8. The normalized spacial score (nSPS) is 21.2. The van der Waals surface area contributed by atoms with Crippen molar-refractivity contribution in [1.29, 1.82) is 0 Å². The van der Waals surface area contributed by atoms with Gasteiger partial charge in [0, 0.05) is 39.2 Å². The Morgan fingerprint density at radius 3 is 2.20 bits per heavy atom. The van der Waals surface area contributed by atoms with Gasteiger partial charge < -0.3 is 0 Å². The van der Waals surface area contributed by atoms with E-state index in [1.54, 1.807) is 0 Å². The van der Waals surface area contributed by atoms with E-state index in [2.05, 4.69) is 128 Å². The van der Waals surface area contributed by atoms with E-state index in [0.29, 0.717) is 17.6 Å². The van der Waals surface area contributed by atoms with Crippen LogP contribution in [-0.2, 0) is 0 Å². The third-order valence-corrected chi connectivity index (χ3v) is 10.9. The molecular weight excluding hydrogens is 623 g/mol. The molecule has 0 spiro atoms. The Morgan fingerprint density at radius 1 is 0.627 bits per heavy atom. The average molecular weight is 662 g/mol. The van der Waals surface area contributed by atoms with Crippen molar-refractivity contribution in [2.24, 2.45) is 11.3 Å². The topological polar surface area (TPSA) is 64.5 Å². The Labute approximate surface area is 299 Å². The molecule has 2 heterocycles. The second kappa shape index (κ2) is 13.1. The highest BCUT2D eigenvalue weighted by atomic mass is 15.0. The Bertz CT molecular complexity index is 2370. The van der Waals surface area contributed by atoms with Crippen molar-refractivity contribution in [2.75, 3.05) is 0 Å². The van der Waals surface area contributed by atoms with Crippen LogP contribution in [0.5, 0.6) is 0 Å². The zero-order valence-electron chi connectivity index (χ0n) is 28.8. The molecule has 3 atom stereocenters. The number of aromatic nitrogens is 5. The molecule has 1 saturated carbocycles. The molecule has 248 valence electrons. The molecule has 0 N–H and O–H groups in total. The number of nitrogens with zero attached hydrogens (tertiary/aromatic N) is 5. The van der Waals surface area contributed by atoms with Gasteiger partial charge in [0.25, 0.3) is 0 Å². The summed E-state index contributed by atoms with van der Waals surface area (Å²) in [7, 11) is 0. The molecule has 5 heteroatoms. The lowest BCUT2D eigenvalue weighted by molar-refractivity contribution is 0.224. The molecule has 3 unspecified atom stereocenters. The maximum absolute atomic E-state index is 5.43. The van der Waals surface area contributed by atoms with Gasteiger partial charge in [0.1, 0.15) is 5.82 Å². The summed E-state index contributed by atoms with van der Waals surface area (Å²) >= 11 is 0. The lowest BCUT2D eigenvalue weighted by Gasteiger charge is -2.44. The first-order valence-electron chi connectivity index (χ1n) is 18.2. The highest BCUT2D eigenvalue weighted by Crippen LogP contribution is 2.55. The molecule has 4 aromatic carbocycles. The van der Waals surface area contributed by atoms with E-state index in [9.17, 15) is 0 Å². The zero-order valence-corrected chi connectivity index (χ0v) is 28.8. The monoisotopic (exact) mass is 661 g/mol. The number of rotatable bonds is 6. The lowest BCUT2D eigenvalue weighted by Crippen LogP contribution is -2.34. The first-order chi connectivity index (χ1) is 25.1. The van der Waals surface area contributed by atoms with E-state index < -0.39 is 0 Å². The Balaban J connectivity index is 1.32. The van der Waals surface area contributed by atoms with Crippen molar-refractivity contribution < 1.29 is 0 Å². The molecule has 5 nitrogen and oxygen atoms in total. The van der Waals surface area contributed by atoms with Crippen LogP contribution in [0.1, 0.15) is 62.4 Å². The minimum absolute atomic E-state index is 0.0768. The van der Waals surface area contributed by atoms with Gasteiger partial charge in [-0.1, -0.05) is 159 Å². The molecule has 0 aliphatic heterocycles. The number of fused-ring (bicyclic) bond motifs is 2. The van der Waals surface area contributed by atoms with Crippen molar-refractivity contribution >= 4 is 21.9 Å². The Kier molecular flexibility index (Phi) is 8.04. The molecule has 6 aromatic rings. The van der Waals surface area contributed by atoms with Gasteiger partial charge in [-0.3, -0.25) is 0 Å². The van der Waals surface area contributed by atoms with E-state index in [1.807, 2.05) is 24.3 Å². The summed E-state index contributed by atoms with van der Waals surface area (Å²) in [6, 6.07) is 37.8. The standard InChI is InChI=1S/C46H39N5/c1-46-29-14-13-24-35(46)27-28-38(41(46)45-50-42(33-19-7-3-8-20-33)49-43(51-45)34-21-9-4-10-22-34)44-47-39(32-17-5-2-6-18-32)30-40(48-44)37-26-15-23-31-16-11-12-25-36(31)37/h2-12,15-21,23,25-28,30,34-35H,13-14,22,24,29H2,1H3. The number of hydrogen-bond acceptors (Lipinski definition) is 5. The molecule has 9 rings (SSSR count). The molecule has 0 radical (unpaired) electrons. The third kappa shape index (κ3) is 5.83. The van der Waals surface area contributed by atoms with Crippen LogP contribution < -0.4 is 0 Å². The van der Waals surface area contributed by atoms with Crippen LogP contribution in [-0.4, -0.2) is 24.9 Å². The summed E-state index contributed by atoms with van der Waals surface area (Å²) < 4.78 is 0. The van der Waals surface area contributed by atoms with Crippen LogP contribution in [0.25, 0.3) is 55.8 Å². The van der Waals surface area contributed by atoms with Crippen molar-refractivity contribution in [1.82, 2.24) is 24.9 Å². The van der Waals surface area contributed by atoms with Crippen LogP contribution in [0.4, 0.5) is 0 Å². The largest absolute Gasteiger partial charge is 0.228 e. The van der Waals surface area contributed by atoms with Crippen LogP contribution in [0.15, 0.2) is 146 Å².